The van der Waals surface area contributed by atoms with Crippen LogP contribution in [0.4, 0.5) is 0 Å². The summed E-state index contributed by atoms with van der Waals surface area (Å²) in [4.78, 5) is 0. The molecular weight excluding hydrogens is 269 g/mol. The van der Waals surface area contributed by atoms with Crippen LogP contribution in [0.2, 0.25) is 10.0 Å². The molecule has 3 nitrogen and oxygen atoms in total. The number of halogens is 2. The molecule has 0 fully saturated rings. The summed E-state index contributed by atoms with van der Waals surface area (Å²) in [5, 5.41) is 5.46. The zero-order valence-electron chi connectivity index (χ0n) is 10.1. The Bertz CT molecular complexity index is 537. The summed E-state index contributed by atoms with van der Waals surface area (Å²) in [6, 6.07) is 7.00. The Balaban J connectivity index is 2.35. The molecule has 1 aromatic carbocycles. The van der Waals surface area contributed by atoms with Crippen molar-refractivity contribution in [2.45, 2.75) is 25.9 Å². The molecule has 0 aliphatic rings. The van der Waals surface area contributed by atoms with Crippen LogP contribution in [0.25, 0.3) is 0 Å². The molecule has 96 valence electrons. The van der Waals surface area contributed by atoms with Gasteiger partial charge in [0.05, 0.1) is 11.7 Å². The van der Waals surface area contributed by atoms with E-state index in [1.165, 1.54) is 0 Å². The predicted molar refractivity (Wildman–Crippen MR) is 75.0 cm³/mol. The van der Waals surface area contributed by atoms with E-state index in [2.05, 4.69) is 12.0 Å². The zero-order chi connectivity index (χ0) is 13.1. The second-order valence-electron chi connectivity index (χ2n) is 4.12. The highest BCUT2D eigenvalue weighted by Crippen LogP contribution is 2.28. The quantitative estimate of drug-likeness (QED) is 0.931. The Hall–Kier alpha value is -1.03. The number of hydrogen-bond donors (Lipinski definition) is 1. The average Bonchev–Trinajstić information content (AvgIpc) is 2.77. The summed E-state index contributed by atoms with van der Waals surface area (Å²) in [5.74, 6) is 0. The van der Waals surface area contributed by atoms with Crippen LogP contribution in [-0.4, -0.2) is 9.78 Å². The van der Waals surface area contributed by atoms with Gasteiger partial charge in [-0.3, -0.25) is 4.68 Å². The normalized spacial score (nSPS) is 12.7. The first-order valence-corrected chi connectivity index (χ1v) is 6.61. The number of benzene rings is 1. The van der Waals surface area contributed by atoms with Gasteiger partial charge in [-0.25, -0.2) is 0 Å². The first kappa shape index (κ1) is 13.4. The smallest absolute Gasteiger partial charge is 0.0737 e. The second-order valence-corrected chi connectivity index (χ2v) is 4.97. The van der Waals surface area contributed by atoms with Crippen molar-refractivity contribution in [3.63, 3.8) is 0 Å². The largest absolute Gasteiger partial charge is 0.319 e. The van der Waals surface area contributed by atoms with Crippen molar-refractivity contribution in [2.75, 3.05) is 0 Å². The number of nitrogens with two attached hydrogens (primary N) is 1. The monoisotopic (exact) mass is 283 g/mol. The first-order valence-electron chi connectivity index (χ1n) is 5.85. The molecule has 2 rings (SSSR count). The van der Waals surface area contributed by atoms with Gasteiger partial charge in [-0.2, -0.15) is 5.10 Å². The van der Waals surface area contributed by atoms with Gasteiger partial charge in [-0.05, 0) is 30.2 Å². The Morgan fingerprint density at radius 3 is 2.78 bits per heavy atom. The van der Waals surface area contributed by atoms with Crippen molar-refractivity contribution in [2.24, 2.45) is 5.73 Å². The molecule has 5 heteroatoms. The lowest BCUT2D eigenvalue weighted by Crippen LogP contribution is -2.18. The SMILES string of the molecule is CCCn1nccc1C(N)c1ccc(Cl)cc1Cl. The van der Waals surface area contributed by atoms with Crippen molar-refractivity contribution in [1.82, 2.24) is 9.78 Å². The molecule has 2 aromatic rings. The summed E-state index contributed by atoms with van der Waals surface area (Å²) in [5.41, 5.74) is 8.07. The van der Waals surface area contributed by atoms with E-state index in [0.29, 0.717) is 10.0 Å². The van der Waals surface area contributed by atoms with E-state index in [9.17, 15) is 0 Å². The van der Waals surface area contributed by atoms with Gasteiger partial charge in [0.1, 0.15) is 0 Å². The fraction of sp³-hybridized carbons (Fsp3) is 0.308. The standard InChI is InChI=1S/C13H15Cl2N3/c1-2-7-18-12(5-6-17-18)13(16)10-4-3-9(14)8-11(10)15/h3-6,8,13H,2,7,16H2,1H3. The van der Waals surface area contributed by atoms with Crippen LogP contribution < -0.4 is 5.73 Å². The van der Waals surface area contributed by atoms with Crippen molar-refractivity contribution in [3.8, 4) is 0 Å². The summed E-state index contributed by atoms with van der Waals surface area (Å²) < 4.78 is 1.91. The molecule has 0 saturated heterocycles. The minimum Gasteiger partial charge on any atom is -0.319 e. The van der Waals surface area contributed by atoms with Crippen LogP contribution in [0.3, 0.4) is 0 Å². The predicted octanol–water partition coefficient (Wildman–Crippen LogP) is 3.65. The van der Waals surface area contributed by atoms with Crippen molar-refractivity contribution in [3.05, 3.63) is 51.8 Å². The lowest BCUT2D eigenvalue weighted by atomic mass is 10.0. The maximum Gasteiger partial charge on any atom is 0.0737 e. The van der Waals surface area contributed by atoms with Gasteiger partial charge in [-0.15, -0.1) is 0 Å². The first-order chi connectivity index (χ1) is 8.63. The Morgan fingerprint density at radius 1 is 1.33 bits per heavy atom. The maximum absolute atomic E-state index is 6.25. The molecule has 18 heavy (non-hydrogen) atoms. The molecule has 0 bridgehead atoms. The highest BCUT2D eigenvalue weighted by Gasteiger charge is 2.16. The summed E-state index contributed by atoms with van der Waals surface area (Å²) in [7, 11) is 0. The zero-order valence-corrected chi connectivity index (χ0v) is 11.6. The molecule has 1 heterocycles. The fourth-order valence-corrected chi connectivity index (χ4v) is 2.44. The van der Waals surface area contributed by atoms with Crippen molar-refractivity contribution < 1.29 is 0 Å². The number of aryl methyl sites for hydroxylation is 1. The van der Waals surface area contributed by atoms with Crippen LogP contribution in [0.15, 0.2) is 30.5 Å². The molecule has 0 radical (unpaired) electrons. The van der Waals surface area contributed by atoms with Gasteiger partial charge in [0.25, 0.3) is 0 Å². The van der Waals surface area contributed by atoms with Crippen LogP contribution in [0, 0.1) is 0 Å². The summed E-state index contributed by atoms with van der Waals surface area (Å²) in [6.45, 7) is 2.95. The van der Waals surface area contributed by atoms with Gasteiger partial charge in [0.2, 0.25) is 0 Å². The molecular formula is C13H15Cl2N3. The molecule has 1 atom stereocenters. The summed E-state index contributed by atoms with van der Waals surface area (Å²) in [6.07, 6.45) is 2.77. The Labute approximate surface area is 117 Å². The average molecular weight is 284 g/mol. The maximum atomic E-state index is 6.25. The highest BCUT2D eigenvalue weighted by atomic mass is 35.5. The van der Waals surface area contributed by atoms with E-state index in [0.717, 1.165) is 24.2 Å². The van der Waals surface area contributed by atoms with Crippen LogP contribution in [0.1, 0.15) is 30.6 Å². The van der Waals surface area contributed by atoms with E-state index in [1.807, 2.05) is 16.8 Å². The van der Waals surface area contributed by atoms with Gasteiger partial charge < -0.3 is 5.73 Å². The van der Waals surface area contributed by atoms with Crippen LogP contribution in [-0.2, 0) is 6.54 Å². The van der Waals surface area contributed by atoms with E-state index in [1.54, 1.807) is 18.3 Å². The molecule has 1 aromatic heterocycles. The third-order valence-corrected chi connectivity index (χ3v) is 3.36. The molecule has 2 N–H and O–H groups in total. The van der Waals surface area contributed by atoms with Gasteiger partial charge >= 0.3 is 0 Å². The number of rotatable bonds is 4. The number of hydrogen-bond acceptors (Lipinski definition) is 2. The van der Waals surface area contributed by atoms with Crippen molar-refractivity contribution >= 4 is 23.2 Å². The van der Waals surface area contributed by atoms with Crippen LogP contribution >= 0.6 is 23.2 Å². The van der Waals surface area contributed by atoms with Crippen LogP contribution in [0.5, 0.6) is 0 Å². The lowest BCUT2D eigenvalue weighted by Gasteiger charge is -2.15. The van der Waals surface area contributed by atoms with E-state index in [4.69, 9.17) is 28.9 Å². The van der Waals surface area contributed by atoms with Gasteiger partial charge in [-0.1, -0.05) is 36.2 Å². The summed E-state index contributed by atoms with van der Waals surface area (Å²) >= 11 is 12.1. The Kier molecular flexibility index (Phi) is 4.27. The molecule has 0 aliphatic heterocycles. The minimum atomic E-state index is -0.288. The topological polar surface area (TPSA) is 43.8 Å². The molecule has 0 aliphatic carbocycles. The lowest BCUT2D eigenvalue weighted by molar-refractivity contribution is 0.560. The van der Waals surface area contributed by atoms with Gasteiger partial charge in [0, 0.05) is 22.8 Å². The third-order valence-electron chi connectivity index (χ3n) is 2.80. The second kappa shape index (κ2) is 5.74. The molecule has 0 spiro atoms. The van der Waals surface area contributed by atoms with E-state index >= 15 is 0 Å². The minimum absolute atomic E-state index is 0.288. The molecule has 0 amide bonds. The Morgan fingerprint density at radius 2 is 2.11 bits per heavy atom. The molecule has 1 unspecified atom stereocenters. The van der Waals surface area contributed by atoms with Crippen molar-refractivity contribution in [1.29, 1.82) is 0 Å². The van der Waals surface area contributed by atoms with E-state index < -0.39 is 0 Å². The highest BCUT2D eigenvalue weighted by molar-refractivity contribution is 6.35. The number of nitrogens with zero attached hydrogens (tertiary/aromatic N) is 2. The number of aromatic nitrogens is 2. The fourth-order valence-electron chi connectivity index (χ4n) is 1.92. The molecule has 0 saturated carbocycles. The van der Waals surface area contributed by atoms with E-state index in [-0.39, 0.29) is 6.04 Å². The third kappa shape index (κ3) is 2.69. The van der Waals surface area contributed by atoms with Gasteiger partial charge in [0.15, 0.2) is 0 Å².